The van der Waals surface area contributed by atoms with Gasteiger partial charge >= 0.3 is 0 Å². The molecule has 0 aromatic carbocycles. The number of hydrogen-bond acceptors (Lipinski definition) is 49. The van der Waals surface area contributed by atoms with Crippen LogP contribution in [0.15, 0.2) is 0 Å². The summed E-state index contributed by atoms with van der Waals surface area (Å²) in [4.78, 5) is 51.7. The lowest BCUT2D eigenvalue weighted by molar-refractivity contribution is -0.405. The molecule has 9 aliphatic heterocycles. The maximum Gasteiger partial charge on any atom is 0.217 e. The molecule has 0 spiro atoms. The molecular formula is C68H116N4O49. The first-order chi connectivity index (χ1) is 57.3. The summed E-state index contributed by atoms with van der Waals surface area (Å²) in [5, 5.41) is 300. The molecule has 0 aromatic rings. The van der Waals surface area contributed by atoms with Gasteiger partial charge in [0.15, 0.2) is 56.6 Å². The molecule has 48 atom stereocenters. The minimum absolute atomic E-state index is 0.803. The fourth-order valence-electron chi connectivity index (χ4n) is 15.4. The quantitative estimate of drug-likeness (QED) is 0.0280. The minimum atomic E-state index is -2.44. The van der Waals surface area contributed by atoms with Crippen molar-refractivity contribution in [2.45, 2.75) is 329 Å². The zero-order chi connectivity index (χ0) is 89.4. The third-order valence-electron chi connectivity index (χ3n) is 21.9. The average Bonchev–Trinajstić information content (AvgIpc) is 0.760. The molecule has 0 unspecified atom stereocenters. The lowest BCUT2D eigenvalue weighted by Crippen LogP contribution is -2.71. The summed E-state index contributed by atoms with van der Waals surface area (Å²) < 4.78 is 114. The highest BCUT2D eigenvalue weighted by molar-refractivity contribution is 5.74. The number of ether oxygens (including phenoxy) is 19. The lowest BCUT2D eigenvalue weighted by Gasteiger charge is -2.51. The Morgan fingerprint density at radius 1 is 0.347 bits per heavy atom. The van der Waals surface area contributed by atoms with Gasteiger partial charge in [-0.15, -0.1) is 0 Å². The van der Waals surface area contributed by atoms with Gasteiger partial charge in [0.05, 0.1) is 78.2 Å². The molecule has 4 amide bonds. The van der Waals surface area contributed by atoms with Crippen molar-refractivity contribution >= 4 is 23.6 Å². The van der Waals surface area contributed by atoms with Crippen LogP contribution in [0.2, 0.25) is 0 Å². The Hall–Kier alpha value is -3.92. The zero-order valence-corrected chi connectivity index (χ0v) is 65.8. The van der Waals surface area contributed by atoms with Gasteiger partial charge in [-0.05, 0) is 6.92 Å². The van der Waals surface area contributed by atoms with Gasteiger partial charge in [-0.1, -0.05) is 0 Å². The Balaban J connectivity index is 1.05. The molecule has 9 heterocycles. The molecule has 53 nitrogen and oxygen atoms in total. The summed E-state index contributed by atoms with van der Waals surface area (Å²) in [7, 11) is 1.02. The van der Waals surface area contributed by atoms with Gasteiger partial charge in [0.2, 0.25) is 23.6 Å². The van der Waals surface area contributed by atoms with E-state index < -0.39 is 384 Å². The Morgan fingerprint density at radius 2 is 0.744 bits per heavy atom. The van der Waals surface area contributed by atoms with Crippen LogP contribution in [0, 0.1) is 0 Å². The van der Waals surface area contributed by atoms with Crippen LogP contribution >= 0.6 is 0 Å². The van der Waals surface area contributed by atoms with Gasteiger partial charge in [0.1, 0.15) is 226 Å². The van der Waals surface area contributed by atoms with Crippen LogP contribution < -0.4 is 21.3 Å². The van der Waals surface area contributed by atoms with Crippen LogP contribution in [0.5, 0.6) is 0 Å². The fraction of sp³-hybridized carbons (Fsp3) is 0.941. The highest BCUT2D eigenvalue weighted by Crippen LogP contribution is 2.41. The zero-order valence-electron chi connectivity index (χ0n) is 65.8. The molecule has 0 saturated carbocycles. The van der Waals surface area contributed by atoms with Gasteiger partial charge < -0.3 is 244 Å². The van der Waals surface area contributed by atoms with Crippen molar-refractivity contribution in [1.29, 1.82) is 0 Å². The number of amides is 4. The first-order valence-electron chi connectivity index (χ1n) is 38.7. The molecule has 0 aliphatic carbocycles. The summed E-state index contributed by atoms with van der Waals surface area (Å²) in [6.07, 6.45) is -91.0. The molecule has 0 radical (unpaired) electrons. The number of nitrogens with one attached hydrogen (secondary N) is 4. The van der Waals surface area contributed by atoms with Crippen LogP contribution in [-0.4, -0.2) is 524 Å². The van der Waals surface area contributed by atoms with E-state index in [1.807, 2.05) is 0 Å². The summed E-state index contributed by atoms with van der Waals surface area (Å²) in [5.74, 6) is -3.74. The van der Waals surface area contributed by atoms with Crippen molar-refractivity contribution in [3.05, 3.63) is 0 Å². The molecule has 30 N–H and O–H groups in total. The number of rotatable bonds is 35. The van der Waals surface area contributed by atoms with Gasteiger partial charge in [-0.2, -0.15) is 0 Å². The number of aliphatic hydroxyl groups is 26. The number of methoxy groups -OCH3 is 1. The molecule has 53 heteroatoms. The molecule has 0 bridgehead atoms. The van der Waals surface area contributed by atoms with Crippen molar-refractivity contribution in [2.24, 2.45) is 0 Å². The van der Waals surface area contributed by atoms with E-state index in [0.717, 1.165) is 34.8 Å². The molecule has 9 saturated heterocycles. The molecule has 9 fully saturated rings. The second-order valence-electron chi connectivity index (χ2n) is 30.5. The molecular weight excluding hydrogens is 1660 g/mol. The largest absolute Gasteiger partial charge is 0.394 e. The van der Waals surface area contributed by atoms with Crippen LogP contribution in [-0.2, 0) is 109 Å². The molecule has 121 heavy (non-hydrogen) atoms. The van der Waals surface area contributed by atoms with Crippen molar-refractivity contribution in [3.8, 4) is 0 Å². The lowest BCUT2D eigenvalue weighted by atomic mass is 9.93. The normalized spacial score (nSPS) is 46.6. The van der Waals surface area contributed by atoms with E-state index in [1.165, 1.54) is 6.92 Å². The molecule has 702 valence electrons. The summed E-state index contributed by atoms with van der Waals surface area (Å²) in [5.41, 5.74) is 0. The number of carbonyl (C=O) groups excluding carboxylic acids is 4. The highest BCUT2D eigenvalue weighted by atomic mass is 16.8. The van der Waals surface area contributed by atoms with E-state index in [4.69, 9.17) is 90.0 Å². The SMILES string of the molecule is CO[C@@H]1[C@H](O)[C@@H](O[C@H]2[C@H](O)[C@@H](CO[C@H]3O[C@H](CO)[C@@H](O)[C@H](O)[C@@H]3O[C@@H]3O[C@H](CO)[C@@H](O[C@@H]4O[C@H](CO)[C@H](O)[C@H](O[C@@H]5O[C@H](CO)[C@H](O)[C@H](O)[C@H]5O[C@@H]5O[C@@H](C)[C@@H](O)[C@@H](O)[C@@H]5O)[C@H]4NC(C)=O)[C@H](O)[C@H]3NC(C)=O)O[C@@H](O[C@H]3[C@H](O)[C@@H](NC(C)=O)[C@H](O[C@@H]([C@H](O)[C@H](CO)NC(C)=O)[C@H](O)CO)O[C@@H]3CO)[C@H]2O[C@@H]2OC[C@@H](O)[C@H](O)[C@H]2O)O[C@H](CO)[C@H]1O. The third kappa shape index (κ3) is 23.0. The second kappa shape index (κ2) is 44.9. The van der Waals surface area contributed by atoms with E-state index in [2.05, 4.69) is 21.3 Å². The third-order valence-corrected chi connectivity index (χ3v) is 21.9. The number of aliphatic hydroxyl groups excluding tert-OH is 26. The molecule has 9 rings (SSSR count). The van der Waals surface area contributed by atoms with Crippen molar-refractivity contribution < 1.29 is 242 Å². The summed E-state index contributed by atoms with van der Waals surface area (Å²) >= 11 is 0. The summed E-state index contributed by atoms with van der Waals surface area (Å²) in [6.45, 7) is -5.96. The van der Waals surface area contributed by atoms with E-state index in [-0.39, 0.29) is 0 Å². The first-order valence-corrected chi connectivity index (χ1v) is 38.7. The first kappa shape index (κ1) is 101. The van der Waals surface area contributed by atoms with Crippen molar-refractivity contribution in [3.63, 3.8) is 0 Å². The average molecular weight is 1770 g/mol. The minimum Gasteiger partial charge on any atom is -0.394 e. The topological polar surface area (TPSA) is 818 Å². The highest BCUT2D eigenvalue weighted by Gasteiger charge is 2.62. The van der Waals surface area contributed by atoms with Gasteiger partial charge in [0, 0.05) is 34.8 Å². The van der Waals surface area contributed by atoms with Crippen LogP contribution in [0.25, 0.3) is 0 Å². The van der Waals surface area contributed by atoms with E-state index in [9.17, 15) is 152 Å². The Kier molecular flexibility index (Phi) is 37.4. The monoisotopic (exact) mass is 1770 g/mol. The van der Waals surface area contributed by atoms with Gasteiger partial charge in [-0.3, -0.25) is 19.2 Å². The van der Waals surface area contributed by atoms with E-state index in [0.29, 0.717) is 0 Å². The van der Waals surface area contributed by atoms with E-state index in [1.54, 1.807) is 0 Å². The number of hydrogen-bond donors (Lipinski definition) is 30. The van der Waals surface area contributed by atoms with Crippen LogP contribution in [0.1, 0.15) is 34.6 Å². The predicted molar refractivity (Wildman–Crippen MR) is 376 cm³/mol. The Bertz CT molecular complexity index is 3200. The second-order valence-corrected chi connectivity index (χ2v) is 30.5. The number of carbonyl (C=O) groups is 4. The van der Waals surface area contributed by atoms with Gasteiger partial charge in [0.25, 0.3) is 0 Å². The van der Waals surface area contributed by atoms with Crippen molar-refractivity contribution in [1.82, 2.24) is 21.3 Å². The van der Waals surface area contributed by atoms with Crippen molar-refractivity contribution in [2.75, 3.05) is 73.2 Å². The fourth-order valence-corrected chi connectivity index (χ4v) is 15.4. The van der Waals surface area contributed by atoms with Gasteiger partial charge in [-0.25, -0.2) is 0 Å². The standard InChI is InChI=1S/C68H116N4O49/c1-17-35(87)45(97)49(101)64(106-17)120-58-47(99)39(91)26(10-76)110-67(58)117-54-34(72-21(5)84)62(107-27(11-77)40(54)92)115-52-29(13-79)112-61(33(43(52)95)71-20(4)83)119-57-46(98)38(90)25(9-75)109-66(57)105-16-31-42(94)56(118-65-50(102)55(103-6)41(93)28(12-78)108-65)59(121-63-48(100)37(89)24(86)15-104-63)68(113-31)116-53-30(14-80)111-60(32(44(53)96)70-19(3)82)114-51(23(85)8-74)36(88)22(7-73)69-18(2)81/h17,22-68,73-80,85-102H,7-16H2,1-6H3,(H,69,81)(H,70,82)(H,71,83)(H,72,84)/t17-,22-,23+,24+,25+,26+,27+,28+,29+,30+,31+,32+,33+,34+,35+,36+,37-,38+,39-,40-,41+,42+,43+,44+,45+,46-,47-,48+,49-,50-,51+,52+,53+,54+,55-,56-,57-,58+,59-,60-,61-,62-,63-,64-,65+,66-,67-,68-/m0/s1. The van der Waals surface area contributed by atoms with Crippen LogP contribution in [0.3, 0.4) is 0 Å². The van der Waals surface area contributed by atoms with Crippen LogP contribution in [0.4, 0.5) is 0 Å². The molecule has 0 aromatic heterocycles. The van der Waals surface area contributed by atoms with E-state index >= 15 is 0 Å². The predicted octanol–water partition coefficient (Wildman–Crippen LogP) is -20.3. The maximum atomic E-state index is 13.3. The Labute approximate surface area is 687 Å². The smallest absolute Gasteiger partial charge is 0.217 e. The maximum absolute atomic E-state index is 13.3. The molecule has 9 aliphatic rings. The summed E-state index contributed by atoms with van der Waals surface area (Å²) in [6, 6.07) is -7.60. The Morgan fingerprint density at radius 3 is 1.27 bits per heavy atom.